The Morgan fingerprint density at radius 3 is 2.23 bits per heavy atom. The summed E-state index contributed by atoms with van der Waals surface area (Å²) in [5.74, 6) is -1.70. The summed E-state index contributed by atoms with van der Waals surface area (Å²) >= 11 is 0. The molecule has 1 amide bonds. The number of rotatable bonds is 4. The molecule has 1 aromatic rings. The quantitative estimate of drug-likeness (QED) is 0.809. The lowest BCUT2D eigenvalue weighted by Gasteiger charge is -2.46. The third-order valence-electron chi connectivity index (χ3n) is 4.54. The summed E-state index contributed by atoms with van der Waals surface area (Å²) in [4.78, 5) is 13.0. The lowest BCUT2D eigenvalue weighted by atomic mass is 9.76. The van der Waals surface area contributed by atoms with Crippen molar-refractivity contribution in [2.45, 2.75) is 57.2 Å². The second-order valence-electron chi connectivity index (χ2n) is 5.99. The van der Waals surface area contributed by atoms with E-state index in [4.69, 9.17) is 0 Å². The topological polar surface area (TPSA) is 20.3 Å². The third-order valence-corrected chi connectivity index (χ3v) is 4.54. The van der Waals surface area contributed by atoms with E-state index in [0.29, 0.717) is 19.3 Å². The van der Waals surface area contributed by atoms with E-state index in [1.54, 1.807) is 6.92 Å². The maximum atomic E-state index is 13.0. The van der Waals surface area contributed by atoms with E-state index in [1.807, 2.05) is 30.3 Å². The van der Waals surface area contributed by atoms with Crippen LogP contribution in [-0.2, 0) is 11.2 Å². The van der Waals surface area contributed by atoms with Gasteiger partial charge in [0.25, 0.3) is 0 Å². The van der Waals surface area contributed by atoms with E-state index >= 15 is 0 Å². The van der Waals surface area contributed by atoms with Gasteiger partial charge in [0.1, 0.15) is 0 Å². The molecule has 5 heteroatoms. The van der Waals surface area contributed by atoms with Crippen molar-refractivity contribution >= 4 is 5.91 Å². The van der Waals surface area contributed by atoms with Gasteiger partial charge in [-0.15, -0.1) is 0 Å². The van der Waals surface area contributed by atoms with Crippen LogP contribution in [0.4, 0.5) is 13.2 Å². The van der Waals surface area contributed by atoms with Crippen molar-refractivity contribution in [2.24, 2.45) is 0 Å². The summed E-state index contributed by atoms with van der Waals surface area (Å²) in [6, 6.07) is 9.49. The van der Waals surface area contributed by atoms with Gasteiger partial charge in [0.15, 0.2) is 0 Å². The van der Waals surface area contributed by atoms with Gasteiger partial charge < -0.3 is 4.90 Å². The summed E-state index contributed by atoms with van der Waals surface area (Å²) in [6.45, 7) is 1.72. The van der Waals surface area contributed by atoms with Crippen molar-refractivity contribution in [3.05, 3.63) is 35.9 Å². The van der Waals surface area contributed by atoms with E-state index < -0.39 is 17.6 Å². The maximum Gasteiger partial charge on any atom is 0.471 e. The Morgan fingerprint density at radius 2 is 1.73 bits per heavy atom. The van der Waals surface area contributed by atoms with Crippen molar-refractivity contribution in [3.8, 4) is 0 Å². The molecule has 0 atom stereocenters. The molecule has 0 aromatic heterocycles. The molecule has 1 saturated carbocycles. The van der Waals surface area contributed by atoms with E-state index in [-0.39, 0.29) is 6.54 Å². The maximum absolute atomic E-state index is 13.0. The Bertz CT molecular complexity index is 492. The molecule has 0 bridgehead atoms. The summed E-state index contributed by atoms with van der Waals surface area (Å²) in [5, 5.41) is 0. The van der Waals surface area contributed by atoms with Crippen LogP contribution in [-0.4, -0.2) is 29.1 Å². The highest BCUT2D eigenvalue weighted by atomic mass is 19.4. The van der Waals surface area contributed by atoms with E-state index in [1.165, 1.54) is 0 Å². The molecule has 0 aliphatic heterocycles. The van der Waals surface area contributed by atoms with Crippen LogP contribution in [0.25, 0.3) is 0 Å². The number of halogens is 3. The first-order valence-electron chi connectivity index (χ1n) is 7.82. The van der Waals surface area contributed by atoms with E-state index in [9.17, 15) is 18.0 Å². The van der Waals surface area contributed by atoms with Crippen LogP contribution in [0.2, 0.25) is 0 Å². The number of nitrogens with zero attached hydrogens (tertiary/aromatic N) is 1. The standard InChI is InChI=1S/C17H22F3NO/c1-2-21(15(22)17(18,19)20)16(11-7-4-8-12-16)13-14-9-5-3-6-10-14/h3,5-6,9-10H,2,4,7-8,11-13H2,1H3. The van der Waals surface area contributed by atoms with Gasteiger partial charge in [0, 0.05) is 12.1 Å². The molecule has 0 spiro atoms. The van der Waals surface area contributed by atoms with Gasteiger partial charge in [0.05, 0.1) is 0 Å². The molecule has 1 fully saturated rings. The fourth-order valence-electron chi connectivity index (χ4n) is 3.58. The number of alkyl halides is 3. The second-order valence-corrected chi connectivity index (χ2v) is 5.99. The van der Waals surface area contributed by atoms with Crippen LogP contribution < -0.4 is 0 Å². The largest absolute Gasteiger partial charge is 0.471 e. The molecular weight excluding hydrogens is 291 g/mol. The van der Waals surface area contributed by atoms with Gasteiger partial charge in [-0.3, -0.25) is 4.79 Å². The highest BCUT2D eigenvalue weighted by molar-refractivity contribution is 5.82. The first-order chi connectivity index (χ1) is 10.4. The first-order valence-corrected chi connectivity index (χ1v) is 7.82. The molecule has 0 unspecified atom stereocenters. The fraction of sp³-hybridized carbons (Fsp3) is 0.588. The van der Waals surface area contributed by atoms with Gasteiger partial charge >= 0.3 is 12.1 Å². The van der Waals surface area contributed by atoms with Crippen LogP contribution in [0.5, 0.6) is 0 Å². The first kappa shape index (κ1) is 16.8. The smallest absolute Gasteiger partial charge is 0.329 e. The minimum atomic E-state index is -4.81. The lowest BCUT2D eigenvalue weighted by molar-refractivity contribution is -0.193. The van der Waals surface area contributed by atoms with Crippen LogP contribution in [0.3, 0.4) is 0 Å². The number of carbonyl (C=O) groups is 1. The Labute approximate surface area is 129 Å². The van der Waals surface area contributed by atoms with Crippen molar-refractivity contribution in [2.75, 3.05) is 6.54 Å². The monoisotopic (exact) mass is 313 g/mol. The average Bonchev–Trinajstić information content (AvgIpc) is 2.49. The molecule has 1 aliphatic carbocycles. The molecule has 0 saturated heterocycles. The van der Waals surface area contributed by atoms with Gasteiger partial charge in [-0.05, 0) is 31.7 Å². The van der Waals surface area contributed by atoms with Crippen molar-refractivity contribution in [3.63, 3.8) is 0 Å². The minimum absolute atomic E-state index is 0.0885. The normalized spacial score (nSPS) is 18.0. The minimum Gasteiger partial charge on any atom is -0.329 e. The summed E-state index contributed by atoms with van der Waals surface area (Å²) < 4.78 is 38.9. The molecule has 1 aromatic carbocycles. The Morgan fingerprint density at radius 1 is 1.14 bits per heavy atom. The highest BCUT2D eigenvalue weighted by Crippen LogP contribution is 2.38. The zero-order chi connectivity index (χ0) is 16.2. The number of hydrogen-bond donors (Lipinski definition) is 0. The average molecular weight is 313 g/mol. The van der Waals surface area contributed by atoms with Crippen LogP contribution in [0.1, 0.15) is 44.6 Å². The number of likely N-dealkylation sites (N-methyl/N-ethyl adjacent to an activating group) is 1. The Kier molecular flexibility index (Phi) is 5.14. The zero-order valence-electron chi connectivity index (χ0n) is 12.8. The molecule has 122 valence electrons. The van der Waals surface area contributed by atoms with Crippen LogP contribution in [0.15, 0.2) is 30.3 Å². The number of amides is 1. The van der Waals surface area contributed by atoms with Crippen molar-refractivity contribution in [1.82, 2.24) is 4.90 Å². The molecule has 0 N–H and O–H groups in total. The van der Waals surface area contributed by atoms with Crippen molar-refractivity contribution < 1.29 is 18.0 Å². The van der Waals surface area contributed by atoms with Gasteiger partial charge in [-0.1, -0.05) is 49.6 Å². The van der Waals surface area contributed by atoms with Crippen LogP contribution >= 0.6 is 0 Å². The fourth-order valence-corrected chi connectivity index (χ4v) is 3.58. The Balaban J connectivity index is 2.33. The molecular formula is C17H22F3NO. The summed E-state index contributed by atoms with van der Waals surface area (Å²) in [7, 11) is 0. The third kappa shape index (κ3) is 3.62. The van der Waals surface area contributed by atoms with Gasteiger partial charge in [0.2, 0.25) is 0 Å². The summed E-state index contributed by atoms with van der Waals surface area (Å²) in [6.07, 6.45) is -0.285. The van der Waals surface area contributed by atoms with Crippen LogP contribution in [0, 0.1) is 0 Å². The number of hydrogen-bond acceptors (Lipinski definition) is 1. The predicted molar refractivity (Wildman–Crippen MR) is 79.4 cm³/mol. The van der Waals surface area contributed by atoms with E-state index in [0.717, 1.165) is 29.7 Å². The lowest BCUT2D eigenvalue weighted by Crippen LogP contribution is -2.57. The van der Waals surface area contributed by atoms with Crippen molar-refractivity contribution in [1.29, 1.82) is 0 Å². The molecule has 2 nitrogen and oxygen atoms in total. The molecule has 2 rings (SSSR count). The SMILES string of the molecule is CCN(C(=O)C(F)(F)F)C1(Cc2ccccc2)CCCCC1. The second kappa shape index (κ2) is 6.71. The number of benzene rings is 1. The molecule has 0 radical (unpaired) electrons. The molecule has 0 heterocycles. The number of carbonyl (C=O) groups excluding carboxylic acids is 1. The molecule has 22 heavy (non-hydrogen) atoms. The predicted octanol–water partition coefficient (Wildman–Crippen LogP) is 4.34. The van der Waals surface area contributed by atoms with Gasteiger partial charge in [-0.2, -0.15) is 13.2 Å². The summed E-state index contributed by atoms with van der Waals surface area (Å²) in [5.41, 5.74) is 0.277. The van der Waals surface area contributed by atoms with E-state index in [2.05, 4.69) is 0 Å². The molecule has 1 aliphatic rings. The van der Waals surface area contributed by atoms with Gasteiger partial charge in [-0.25, -0.2) is 0 Å². The Hall–Kier alpha value is -1.52. The highest BCUT2D eigenvalue weighted by Gasteiger charge is 2.49. The zero-order valence-corrected chi connectivity index (χ0v) is 12.8.